The molecule has 0 saturated heterocycles. The third-order valence-electron chi connectivity index (χ3n) is 5.12. The standard InChI is InChI=1S/C21H18ClN5O4/c1-28-14-6-3-12(4-7-14)18-10-27-16(11-30-18)19(24-26-27)20-23-21(31-25-20)15-8-5-13(22)9-17(15)29-2/h3-9,18H,10-11H2,1-2H3/t18-/m0/s1. The average Bonchev–Trinajstić information content (AvgIpc) is 3.45. The Hall–Kier alpha value is -3.43. The van der Waals surface area contributed by atoms with E-state index in [9.17, 15) is 0 Å². The van der Waals surface area contributed by atoms with Gasteiger partial charge in [-0.3, -0.25) is 0 Å². The van der Waals surface area contributed by atoms with Crippen molar-refractivity contribution in [2.45, 2.75) is 19.3 Å². The summed E-state index contributed by atoms with van der Waals surface area (Å²) in [6.07, 6.45) is -0.132. The molecule has 1 aliphatic rings. The van der Waals surface area contributed by atoms with E-state index in [4.69, 9.17) is 30.3 Å². The lowest BCUT2D eigenvalue weighted by Crippen LogP contribution is -2.22. The first-order valence-electron chi connectivity index (χ1n) is 9.52. The van der Waals surface area contributed by atoms with E-state index in [0.717, 1.165) is 17.0 Å². The fraction of sp³-hybridized carbons (Fsp3) is 0.238. The van der Waals surface area contributed by atoms with E-state index < -0.39 is 0 Å². The zero-order chi connectivity index (χ0) is 21.4. The quantitative estimate of drug-likeness (QED) is 0.461. The number of hydrogen-bond acceptors (Lipinski definition) is 8. The molecule has 0 bridgehead atoms. The first-order valence-corrected chi connectivity index (χ1v) is 9.90. The van der Waals surface area contributed by atoms with Gasteiger partial charge in [0.2, 0.25) is 5.82 Å². The van der Waals surface area contributed by atoms with Crippen molar-refractivity contribution in [2.24, 2.45) is 0 Å². The molecule has 3 heterocycles. The molecule has 0 fully saturated rings. The predicted octanol–water partition coefficient (Wildman–Crippen LogP) is 3.94. The van der Waals surface area contributed by atoms with Crippen LogP contribution in [0.5, 0.6) is 11.5 Å². The number of nitrogens with zero attached hydrogens (tertiary/aromatic N) is 5. The molecular weight excluding hydrogens is 422 g/mol. The third-order valence-corrected chi connectivity index (χ3v) is 5.35. The van der Waals surface area contributed by atoms with Crippen LogP contribution in [0.2, 0.25) is 5.02 Å². The molecule has 2 aromatic heterocycles. The second-order valence-electron chi connectivity index (χ2n) is 6.91. The SMILES string of the molecule is COc1ccc([C@@H]2Cn3nnc(-c4noc(-c5ccc(Cl)cc5OC)n4)c3CO2)cc1. The van der Waals surface area contributed by atoms with Crippen molar-refractivity contribution in [2.75, 3.05) is 14.2 Å². The van der Waals surface area contributed by atoms with Crippen LogP contribution >= 0.6 is 11.6 Å². The molecule has 0 N–H and O–H groups in total. The summed E-state index contributed by atoms with van der Waals surface area (Å²) >= 11 is 6.03. The number of fused-ring (bicyclic) bond motifs is 1. The van der Waals surface area contributed by atoms with Crippen LogP contribution in [0.15, 0.2) is 47.0 Å². The number of rotatable bonds is 5. The van der Waals surface area contributed by atoms with E-state index in [2.05, 4.69) is 20.5 Å². The maximum atomic E-state index is 6.06. The van der Waals surface area contributed by atoms with Crippen molar-refractivity contribution < 1.29 is 18.7 Å². The number of ether oxygens (including phenoxy) is 3. The van der Waals surface area contributed by atoms with Gasteiger partial charge >= 0.3 is 0 Å². The summed E-state index contributed by atoms with van der Waals surface area (Å²) in [5, 5.41) is 13.2. The third kappa shape index (κ3) is 3.62. The van der Waals surface area contributed by atoms with Crippen LogP contribution in [-0.4, -0.2) is 39.4 Å². The predicted molar refractivity (Wildman–Crippen MR) is 111 cm³/mol. The second kappa shape index (κ2) is 8.01. The van der Waals surface area contributed by atoms with Gasteiger partial charge < -0.3 is 18.7 Å². The van der Waals surface area contributed by atoms with Crippen LogP contribution in [0.25, 0.3) is 23.0 Å². The Labute approximate surface area is 182 Å². The molecule has 9 nitrogen and oxygen atoms in total. The van der Waals surface area contributed by atoms with Gasteiger partial charge in [0, 0.05) is 5.02 Å². The Morgan fingerprint density at radius 2 is 1.94 bits per heavy atom. The Morgan fingerprint density at radius 1 is 1.10 bits per heavy atom. The topological polar surface area (TPSA) is 97.3 Å². The van der Waals surface area contributed by atoms with E-state index >= 15 is 0 Å². The number of hydrogen-bond donors (Lipinski definition) is 0. The smallest absolute Gasteiger partial charge is 0.262 e. The van der Waals surface area contributed by atoms with E-state index in [1.807, 2.05) is 28.9 Å². The minimum Gasteiger partial charge on any atom is -0.497 e. The molecule has 0 unspecified atom stereocenters. The normalized spacial score (nSPS) is 15.5. The number of aromatic nitrogens is 5. The molecule has 4 aromatic rings. The van der Waals surface area contributed by atoms with E-state index in [1.54, 1.807) is 32.4 Å². The molecule has 2 aromatic carbocycles. The molecular formula is C21H18ClN5O4. The zero-order valence-corrected chi connectivity index (χ0v) is 17.5. The summed E-state index contributed by atoms with van der Waals surface area (Å²) in [5.74, 6) is 1.98. The largest absolute Gasteiger partial charge is 0.497 e. The van der Waals surface area contributed by atoms with Gasteiger partial charge in [0.1, 0.15) is 17.6 Å². The summed E-state index contributed by atoms with van der Waals surface area (Å²) in [6.45, 7) is 0.859. The molecule has 0 aliphatic carbocycles. The fourth-order valence-corrected chi connectivity index (χ4v) is 3.64. The monoisotopic (exact) mass is 439 g/mol. The Bertz CT molecular complexity index is 1220. The Kier molecular flexibility index (Phi) is 5.05. The van der Waals surface area contributed by atoms with Crippen molar-refractivity contribution in [3.05, 3.63) is 58.7 Å². The lowest BCUT2D eigenvalue weighted by Gasteiger charge is -2.24. The van der Waals surface area contributed by atoms with Crippen LogP contribution in [0.1, 0.15) is 17.4 Å². The lowest BCUT2D eigenvalue weighted by molar-refractivity contribution is -0.00114. The van der Waals surface area contributed by atoms with Gasteiger partial charge in [-0.15, -0.1) is 5.10 Å². The van der Waals surface area contributed by atoms with E-state index in [0.29, 0.717) is 46.9 Å². The second-order valence-corrected chi connectivity index (χ2v) is 7.34. The summed E-state index contributed by atoms with van der Waals surface area (Å²) in [7, 11) is 3.19. The molecule has 0 spiro atoms. The van der Waals surface area contributed by atoms with Crippen LogP contribution in [0.4, 0.5) is 0 Å². The number of benzene rings is 2. The highest BCUT2D eigenvalue weighted by Crippen LogP contribution is 2.34. The van der Waals surface area contributed by atoms with Gasteiger partial charge in [-0.2, -0.15) is 4.98 Å². The molecule has 5 rings (SSSR count). The molecule has 31 heavy (non-hydrogen) atoms. The van der Waals surface area contributed by atoms with Gasteiger partial charge in [-0.05, 0) is 35.9 Å². The summed E-state index contributed by atoms with van der Waals surface area (Å²) in [5.41, 5.74) is 3.00. The molecule has 1 aliphatic heterocycles. The maximum absolute atomic E-state index is 6.06. The van der Waals surface area contributed by atoms with Crippen molar-refractivity contribution in [1.29, 1.82) is 0 Å². The van der Waals surface area contributed by atoms with Crippen molar-refractivity contribution in [3.8, 4) is 34.5 Å². The molecule has 0 radical (unpaired) electrons. The first kappa shape index (κ1) is 19.5. The minimum atomic E-state index is -0.132. The van der Waals surface area contributed by atoms with Crippen LogP contribution in [0.3, 0.4) is 0 Å². The van der Waals surface area contributed by atoms with Crippen LogP contribution in [0, 0.1) is 0 Å². The highest BCUT2D eigenvalue weighted by Gasteiger charge is 2.28. The lowest BCUT2D eigenvalue weighted by atomic mass is 10.1. The number of methoxy groups -OCH3 is 2. The molecule has 10 heteroatoms. The van der Waals surface area contributed by atoms with Gasteiger partial charge in [-0.25, -0.2) is 4.68 Å². The summed E-state index contributed by atoms with van der Waals surface area (Å²) in [6, 6.07) is 13.0. The van der Waals surface area contributed by atoms with Crippen LogP contribution < -0.4 is 9.47 Å². The van der Waals surface area contributed by atoms with Gasteiger partial charge in [0.05, 0.1) is 38.6 Å². The van der Waals surface area contributed by atoms with Crippen molar-refractivity contribution in [1.82, 2.24) is 25.1 Å². The maximum Gasteiger partial charge on any atom is 0.262 e. The van der Waals surface area contributed by atoms with E-state index in [-0.39, 0.29) is 6.10 Å². The molecule has 1 atom stereocenters. The minimum absolute atomic E-state index is 0.132. The highest BCUT2D eigenvalue weighted by molar-refractivity contribution is 6.30. The molecule has 0 amide bonds. The Balaban J connectivity index is 1.40. The van der Waals surface area contributed by atoms with Gasteiger partial charge in [0.25, 0.3) is 5.89 Å². The molecule has 158 valence electrons. The first-order chi connectivity index (χ1) is 15.2. The number of halogens is 1. The van der Waals surface area contributed by atoms with Gasteiger partial charge in [0.15, 0.2) is 5.69 Å². The average molecular weight is 440 g/mol. The summed E-state index contributed by atoms with van der Waals surface area (Å²) in [4.78, 5) is 4.48. The highest BCUT2D eigenvalue weighted by atomic mass is 35.5. The molecule has 0 saturated carbocycles. The van der Waals surface area contributed by atoms with Gasteiger partial charge in [-0.1, -0.05) is 34.1 Å². The fourth-order valence-electron chi connectivity index (χ4n) is 3.48. The Morgan fingerprint density at radius 3 is 2.71 bits per heavy atom. The van der Waals surface area contributed by atoms with Crippen molar-refractivity contribution in [3.63, 3.8) is 0 Å². The van der Waals surface area contributed by atoms with Crippen LogP contribution in [-0.2, 0) is 17.9 Å². The van der Waals surface area contributed by atoms with Crippen molar-refractivity contribution >= 4 is 11.6 Å². The zero-order valence-electron chi connectivity index (χ0n) is 16.8. The van der Waals surface area contributed by atoms with E-state index in [1.165, 1.54) is 0 Å². The summed E-state index contributed by atoms with van der Waals surface area (Å²) < 4.78 is 23.9.